The molecule has 0 spiro atoms. The molecule has 0 aliphatic rings. The van der Waals surface area contributed by atoms with Crippen LogP contribution in [0.4, 0.5) is 10.1 Å². The molecule has 7 nitrogen and oxygen atoms in total. The maximum atomic E-state index is 12.9. The molecule has 0 saturated carbocycles. The SMILES string of the molecule is COc1cc(OC)c(C(=O)N(C)CC(=O)Nc2ccc(F)cc2)cc1OC. The predicted molar refractivity (Wildman–Crippen MR) is 98.1 cm³/mol. The minimum atomic E-state index is -0.429. The lowest BCUT2D eigenvalue weighted by atomic mass is 10.1. The largest absolute Gasteiger partial charge is 0.496 e. The molecule has 8 heteroatoms. The van der Waals surface area contributed by atoms with Crippen LogP contribution in [0.15, 0.2) is 36.4 Å². The molecule has 0 aliphatic heterocycles. The number of anilines is 1. The number of methoxy groups -OCH3 is 3. The minimum absolute atomic E-state index is 0.201. The van der Waals surface area contributed by atoms with Crippen LogP contribution in [0.2, 0.25) is 0 Å². The number of amides is 2. The van der Waals surface area contributed by atoms with Crippen molar-refractivity contribution in [3.63, 3.8) is 0 Å². The average molecular weight is 376 g/mol. The molecule has 27 heavy (non-hydrogen) atoms. The summed E-state index contributed by atoms with van der Waals surface area (Å²) < 4.78 is 28.6. The highest BCUT2D eigenvalue weighted by Crippen LogP contribution is 2.35. The van der Waals surface area contributed by atoms with Crippen molar-refractivity contribution in [2.75, 3.05) is 40.2 Å². The fourth-order valence-electron chi connectivity index (χ4n) is 2.42. The predicted octanol–water partition coefficient (Wildman–Crippen LogP) is 2.56. The summed E-state index contributed by atoms with van der Waals surface area (Å²) in [4.78, 5) is 26.1. The van der Waals surface area contributed by atoms with E-state index in [1.165, 1.54) is 63.6 Å². The first-order valence-electron chi connectivity index (χ1n) is 8.00. The molecule has 0 fully saturated rings. The van der Waals surface area contributed by atoms with Crippen LogP contribution in [0.5, 0.6) is 17.2 Å². The average Bonchev–Trinajstić information content (AvgIpc) is 2.67. The van der Waals surface area contributed by atoms with Gasteiger partial charge in [-0.05, 0) is 24.3 Å². The second kappa shape index (κ2) is 8.88. The van der Waals surface area contributed by atoms with Gasteiger partial charge in [-0.2, -0.15) is 0 Å². The quantitative estimate of drug-likeness (QED) is 0.804. The second-order valence-electron chi connectivity index (χ2n) is 5.62. The molecule has 0 heterocycles. The highest BCUT2D eigenvalue weighted by Gasteiger charge is 2.22. The van der Waals surface area contributed by atoms with Crippen LogP contribution >= 0.6 is 0 Å². The normalized spacial score (nSPS) is 10.1. The van der Waals surface area contributed by atoms with E-state index < -0.39 is 17.6 Å². The molecule has 2 aromatic rings. The summed E-state index contributed by atoms with van der Waals surface area (Å²) in [6.07, 6.45) is 0. The molecular formula is C19H21FN2O5. The zero-order valence-corrected chi connectivity index (χ0v) is 15.5. The first-order valence-corrected chi connectivity index (χ1v) is 8.00. The first kappa shape index (κ1) is 20.0. The zero-order chi connectivity index (χ0) is 20.0. The summed E-state index contributed by atoms with van der Waals surface area (Å²) in [5.41, 5.74) is 0.665. The van der Waals surface area contributed by atoms with Gasteiger partial charge in [0.05, 0.1) is 33.4 Å². The second-order valence-corrected chi connectivity index (χ2v) is 5.62. The Morgan fingerprint density at radius 2 is 1.52 bits per heavy atom. The van der Waals surface area contributed by atoms with Crippen molar-refractivity contribution in [1.82, 2.24) is 4.90 Å². The van der Waals surface area contributed by atoms with Crippen molar-refractivity contribution in [2.45, 2.75) is 0 Å². The van der Waals surface area contributed by atoms with E-state index in [1.807, 2.05) is 0 Å². The number of nitrogens with zero attached hydrogens (tertiary/aromatic N) is 1. The summed E-state index contributed by atoms with van der Waals surface area (Å²) in [5.74, 6) is -0.170. The van der Waals surface area contributed by atoms with Crippen LogP contribution in [0.3, 0.4) is 0 Å². The van der Waals surface area contributed by atoms with Crippen LogP contribution in [0.25, 0.3) is 0 Å². The Labute approximate surface area is 156 Å². The van der Waals surface area contributed by atoms with E-state index >= 15 is 0 Å². The Hall–Kier alpha value is -3.29. The molecule has 0 aliphatic carbocycles. The first-order chi connectivity index (χ1) is 12.9. The number of carbonyl (C=O) groups is 2. The van der Waals surface area contributed by atoms with Gasteiger partial charge in [0, 0.05) is 24.9 Å². The lowest BCUT2D eigenvalue weighted by Gasteiger charge is -2.19. The molecule has 144 valence electrons. The van der Waals surface area contributed by atoms with Gasteiger partial charge in [-0.25, -0.2) is 4.39 Å². The third kappa shape index (κ3) is 4.87. The Kier molecular flexibility index (Phi) is 6.59. The molecule has 0 unspecified atom stereocenters. The number of halogens is 1. The van der Waals surface area contributed by atoms with Crippen molar-refractivity contribution in [1.29, 1.82) is 0 Å². The number of carbonyl (C=O) groups excluding carboxylic acids is 2. The highest BCUT2D eigenvalue weighted by atomic mass is 19.1. The minimum Gasteiger partial charge on any atom is -0.496 e. The number of hydrogen-bond donors (Lipinski definition) is 1. The summed E-state index contributed by atoms with van der Waals surface area (Å²) in [6, 6.07) is 8.38. The van der Waals surface area contributed by atoms with E-state index in [0.717, 1.165) is 0 Å². The molecule has 0 atom stereocenters. The molecule has 2 amide bonds. The van der Waals surface area contributed by atoms with Gasteiger partial charge in [-0.1, -0.05) is 0 Å². The molecule has 2 aromatic carbocycles. The van der Waals surface area contributed by atoms with Crippen molar-refractivity contribution in [3.8, 4) is 17.2 Å². The van der Waals surface area contributed by atoms with E-state index in [0.29, 0.717) is 22.9 Å². The topological polar surface area (TPSA) is 77.1 Å². The van der Waals surface area contributed by atoms with Gasteiger partial charge >= 0.3 is 0 Å². The maximum absolute atomic E-state index is 12.9. The lowest BCUT2D eigenvalue weighted by Crippen LogP contribution is -2.35. The Morgan fingerprint density at radius 1 is 0.963 bits per heavy atom. The third-order valence-electron chi connectivity index (χ3n) is 3.79. The number of rotatable bonds is 7. The van der Waals surface area contributed by atoms with Gasteiger partial charge in [-0.3, -0.25) is 9.59 Å². The van der Waals surface area contributed by atoms with Gasteiger partial charge in [0.25, 0.3) is 5.91 Å². The van der Waals surface area contributed by atoms with Crippen LogP contribution in [0, 0.1) is 5.82 Å². The van der Waals surface area contributed by atoms with Gasteiger partial charge in [0.1, 0.15) is 11.6 Å². The van der Waals surface area contributed by atoms with Gasteiger partial charge in [0.15, 0.2) is 11.5 Å². The summed E-state index contributed by atoms with van der Waals surface area (Å²) in [5, 5.41) is 2.60. The molecule has 0 saturated heterocycles. The molecular weight excluding hydrogens is 355 g/mol. The van der Waals surface area contributed by atoms with Crippen molar-refractivity contribution >= 4 is 17.5 Å². The lowest BCUT2D eigenvalue weighted by molar-refractivity contribution is -0.116. The number of ether oxygens (including phenoxy) is 3. The van der Waals surface area contributed by atoms with Crippen LogP contribution in [-0.4, -0.2) is 51.6 Å². The molecule has 1 N–H and O–H groups in total. The Balaban J connectivity index is 2.14. The number of likely N-dealkylation sites (N-methyl/N-ethyl adjacent to an activating group) is 1. The van der Waals surface area contributed by atoms with E-state index in [9.17, 15) is 14.0 Å². The smallest absolute Gasteiger partial charge is 0.257 e. The van der Waals surface area contributed by atoms with Crippen molar-refractivity contribution in [3.05, 3.63) is 47.8 Å². The molecule has 0 radical (unpaired) electrons. The number of hydrogen-bond acceptors (Lipinski definition) is 5. The van der Waals surface area contributed by atoms with Gasteiger partial charge < -0.3 is 24.4 Å². The maximum Gasteiger partial charge on any atom is 0.257 e. The van der Waals surface area contributed by atoms with Gasteiger partial charge in [-0.15, -0.1) is 0 Å². The number of benzene rings is 2. The van der Waals surface area contributed by atoms with Crippen LogP contribution in [0.1, 0.15) is 10.4 Å². The monoisotopic (exact) mass is 376 g/mol. The van der Waals surface area contributed by atoms with E-state index in [4.69, 9.17) is 14.2 Å². The van der Waals surface area contributed by atoms with E-state index in [1.54, 1.807) is 6.07 Å². The van der Waals surface area contributed by atoms with Gasteiger partial charge in [0.2, 0.25) is 5.91 Å². The number of nitrogens with one attached hydrogen (secondary N) is 1. The summed E-state index contributed by atoms with van der Waals surface area (Å²) in [7, 11) is 5.85. The Morgan fingerprint density at radius 3 is 2.07 bits per heavy atom. The van der Waals surface area contributed by atoms with E-state index in [-0.39, 0.29) is 12.1 Å². The fourth-order valence-corrected chi connectivity index (χ4v) is 2.42. The Bertz CT molecular complexity index is 824. The summed E-state index contributed by atoms with van der Waals surface area (Å²) in [6.45, 7) is -0.201. The molecule has 0 bridgehead atoms. The molecule has 2 rings (SSSR count). The van der Waals surface area contributed by atoms with Crippen LogP contribution in [-0.2, 0) is 4.79 Å². The third-order valence-corrected chi connectivity index (χ3v) is 3.79. The van der Waals surface area contributed by atoms with Crippen LogP contribution < -0.4 is 19.5 Å². The molecule has 0 aromatic heterocycles. The van der Waals surface area contributed by atoms with Crippen molar-refractivity contribution < 1.29 is 28.2 Å². The standard InChI is InChI=1S/C19H21FN2O5/c1-22(11-18(23)21-13-7-5-12(20)6-8-13)19(24)14-9-16(26-3)17(27-4)10-15(14)25-2/h5-10H,11H2,1-4H3,(H,21,23). The highest BCUT2D eigenvalue weighted by molar-refractivity contribution is 6.01. The van der Waals surface area contributed by atoms with E-state index in [2.05, 4.69) is 5.32 Å². The zero-order valence-electron chi connectivity index (χ0n) is 15.5. The summed E-state index contributed by atoms with van der Waals surface area (Å²) >= 11 is 0. The van der Waals surface area contributed by atoms with Crippen molar-refractivity contribution in [2.24, 2.45) is 0 Å². The fraction of sp³-hybridized carbons (Fsp3) is 0.263.